The first kappa shape index (κ1) is 22.8. The fraction of sp³-hybridized carbons (Fsp3) is 0.480. The lowest BCUT2D eigenvalue weighted by atomic mass is 9.89. The molecule has 172 valence electrons. The highest BCUT2D eigenvalue weighted by Crippen LogP contribution is 2.31. The molecule has 32 heavy (non-hydrogen) atoms. The Labute approximate surface area is 195 Å². The minimum Gasteiger partial charge on any atom is -0.497 e. The number of likely N-dealkylation sites (tertiary alicyclic amines) is 1. The number of nitrogens with two attached hydrogens (primary N) is 2. The predicted octanol–water partition coefficient (Wildman–Crippen LogP) is 3.64. The van der Waals surface area contributed by atoms with Crippen LogP contribution in [0.15, 0.2) is 41.3 Å². The van der Waals surface area contributed by atoms with E-state index in [4.69, 9.17) is 16.2 Å². The number of nitrogens with zero attached hydrogens (tertiary/aromatic N) is 2. The van der Waals surface area contributed by atoms with Crippen molar-refractivity contribution in [1.82, 2.24) is 9.80 Å². The van der Waals surface area contributed by atoms with Crippen molar-refractivity contribution in [2.45, 2.75) is 37.1 Å². The zero-order valence-electron chi connectivity index (χ0n) is 18.9. The van der Waals surface area contributed by atoms with E-state index in [0.29, 0.717) is 18.9 Å². The molecule has 1 fully saturated rings. The maximum atomic E-state index is 13.0. The lowest BCUT2D eigenvalue weighted by Gasteiger charge is -2.32. The van der Waals surface area contributed by atoms with E-state index in [-0.39, 0.29) is 5.91 Å². The fourth-order valence-corrected chi connectivity index (χ4v) is 5.65. The van der Waals surface area contributed by atoms with Crippen molar-refractivity contribution < 1.29 is 9.53 Å². The summed E-state index contributed by atoms with van der Waals surface area (Å²) >= 11 is 1.82. The molecule has 0 atom stereocenters. The van der Waals surface area contributed by atoms with Crippen LogP contribution in [0.25, 0.3) is 0 Å². The van der Waals surface area contributed by atoms with E-state index in [2.05, 4.69) is 23.1 Å². The predicted molar refractivity (Wildman–Crippen MR) is 132 cm³/mol. The van der Waals surface area contributed by atoms with Gasteiger partial charge in [-0.05, 0) is 79.7 Å². The number of hydrogen-bond acceptors (Lipinski definition) is 6. The summed E-state index contributed by atoms with van der Waals surface area (Å²) in [6.45, 7) is 4.39. The molecule has 6 nitrogen and oxygen atoms in total. The number of benzene rings is 2. The molecule has 0 radical (unpaired) electrons. The highest BCUT2D eigenvalue weighted by Gasteiger charge is 2.23. The van der Waals surface area contributed by atoms with Crippen molar-refractivity contribution in [3.63, 3.8) is 0 Å². The standard InChI is InChI=1S/C25H34N4O2S/c1-31-22-4-5-24-20(15-22)17-29(12-13-32-24)25(30)8-11-28-9-6-18(7-10-28)14-19-2-3-21(26)16-23(19)27/h2-5,15-16,18H,6-14,17,26-27H2,1H3. The van der Waals surface area contributed by atoms with E-state index in [0.717, 1.165) is 68.3 Å². The molecule has 0 aliphatic carbocycles. The molecule has 0 bridgehead atoms. The van der Waals surface area contributed by atoms with Crippen LogP contribution in [0.4, 0.5) is 11.4 Å². The molecule has 2 heterocycles. The number of rotatable bonds is 6. The van der Waals surface area contributed by atoms with Gasteiger partial charge in [0.1, 0.15) is 5.75 Å². The Kier molecular flexibility index (Phi) is 7.48. The molecular formula is C25H34N4O2S. The van der Waals surface area contributed by atoms with Gasteiger partial charge in [-0.15, -0.1) is 11.8 Å². The van der Waals surface area contributed by atoms with Crippen LogP contribution in [-0.2, 0) is 17.8 Å². The van der Waals surface area contributed by atoms with Gasteiger partial charge >= 0.3 is 0 Å². The third-order valence-corrected chi connectivity index (χ3v) is 7.72. The van der Waals surface area contributed by atoms with E-state index in [1.165, 1.54) is 16.0 Å². The zero-order chi connectivity index (χ0) is 22.5. The van der Waals surface area contributed by atoms with Crippen LogP contribution in [0, 0.1) is 5.92 Å². The highest BCUT2D eigenvalue weighted by atomic mass is 32.2. The quantitative estimate of drug-likeness (QED) is 0.649. The average Bonchev–Trinajstić information content (AvgIpc) is 3.02. The molecular weight excluding hydrogens is 420 g/mol. The van der Waals surface area contributed by atoms with Crippen LogP contribution in [-0.4, -0.2) is 54.7 Å². The van der Waals surface area contributed by atoms with Gasteiger partial charge in [-0.2, -0.15) is 0 Å². The molecule has 2 aromatic carbocycles. The summed E-state index contributed by atoms with van der Waals surface area (Å²) < 4.78 is 5.37. The van der Waals surface area contributed by atoms with Crippen LogP contribution < -0.4 is 16.2 Å². The Hall–Kier alpha value is -2.38. The van der Waals surface area contributed by atoms with Gasteiger partial charge in [0.2, 0.25) is 5.91 Å². The summed E-state index contributed by atoms with van der Waals surface area (Å²) in [5.74, 6) is 2.67. The summed E-state index contributed by atoms with van der Waals surface area (Å²) in [5.41, 5.74) is 15.8. The number of methoxy groups -OCH3 is 1. The Morgan fingerprint density at radius 2 is 1.94 bits per heavy atom. The van der Waals surface area contributed by atoms with E-state index >= 15 is 0 Å². The lowest BCUT2D eigenvalue weighted by molar-refractivity contribution is -0.132. The van der Waals surface area contributed by atoms with Crippen molar-refractivity contribution in [2.75, 3.05) is 50.5 Å². The molecule has 2 aliphatic rings. The number of fused-ring (bicyclic) bond motifs is 1. The Balaban J connectivity index is 1.24. The second-order valence-corrected chi connectivity index (χ2v) is 9.97. The topological polar surface area (TPSA) is 84.8 Å². The van der Waals surface area contributed by atoms with Crippen molar-refractivity contribution >= 4 is 29.0 Å². The second-order valence-electron chi connectivity index (χ2n) is 8.83. The fourth-order valence-electron chi connectivity index (χ4n) is 4.65. The minimum absolute atomic E-state index is 0.248. The lowest BCUT2D eigenvalue weighted by Crippen LogP contribution is -2.38. The van der Waals surface area contributed by atoms with Gasteiger partial charge in [0.25, 0.3) is 0 Å². The van der Waals surface area contributed by atoms with Crippen LogP contribution >= 0.6 is 11.8 Å². The number of hydrogen-bond donors (Lipinski definition) is 2. The van der Waals surface area contributed by atoms with Crippen molar-refractivity contribution in [3.05, 3.63) is 47.5 Å². The van der Waals surface area contributed by atoms with Gasteiger partial charge in [0.15, 0.2) is 0 Å². The molecule has 0 aromatic heterocycles. The highest BCUT2D eigenvalue weighted by molar-refractivity contribution is 7.99. The molecule has 2 aliphatic heterocycles. The summed E-state index contributed by atoms with van der Waals surface area (Å²) in [6, 6.07) is 12.0. The number of carbonyl (C=O) groups excluding carboxylic acids is 1. The second kappa shape index (κ2) is 10.5. The summed E-state index contributed by atoms with van der Waals surface area (Å²) in [5, 5.41) is 0. The molecule has 1 saturated heterocycles. The largest absolute Gasteiger partial charge is 0.497 e. The molecule has 4 rings (SSSR count). The summed E-state index contributed by atoms with van der Waals surface area (Å²) in [6.07, 6.45) is 3.88. The van der Waals surface area contributed by atoms with Crippen LogP contribution in [0.5, 0.6) is 5.75 Å². The molecule has 0 spiro atoms. The molecule has 7 heteroatoms. The van der Waals surface area contributed by atoms with Crippen LogP contribution in [0.2, 0.25) is 0 Å². The summed E-state index contributed by atoms with van der Waals surface area (Å²) in [4.78, 5) is 18.7. The number of amides is 1. The van der Waals surface area contributed by atoms with E-state index in [1.807, 2.05) is 34.9 Å². The van der Waals surface area contributed by atoms with Crippen LogP contribution in [0.1, 0.15) is 30.4 Å². The maximum Gasteiger partial charge on any atom is 0.224 e. The number of carbonyl (C=O) groups is 1. The molecule has 0 saturated carbocycles. The number of piperidine rings is 1. The monoisotopic (exact) mass is 454 g/mol. The number of thioether (sulfide) groups is 1. The van der Waals surface area contributed by atoms with Gasteiger partial charge in [0, 0.05) is 48.1 Å². The van der Waals surface area contributed by atoms with Gasteiger partial charge in [-0.25, -0.2) is 0 Å². The smallest absolute Gasteiger partial charge is 0.224 e. The first-order chi connectivity index (χ1) is 15.5. The van der Waals surface area contributed by atoms with Crippen LogP contribution in [0.3, 0.4) is 0 Å². The first-order valence-electron chi connectivity index (χ1n) is 11.5. The SMILES string of the molecule is COc1ccc2c(c1)CN(C(=O)CCN1CCC(Cc3ccc(N)cc3N)CC1)CCS2. The molecule has 1 amide bonds. The normalized spacial score (nSPS) is 17.6. The van der Waals surface area contributed by atoms with Gasteiger partial charge < -0.3 is 26.0 Å². The third kappa shape index (κ3) is 5.70. The Bertz CT molecular complexity index is 944. The summed E-state index contributed by atoms with van der Waals surface area (Å²) in [7, 11) is 1.68. The molecule has 0 unspecified atom stereocenters. The Morgan fingerprint density at radius 1 is 1.12 bits per heavy atom. The van der Waals surface area contributed by atoms with Gasteiger partial charge in [-0.3, -0.25) is 4.79 Å². The van der Waals surface area contributed by atoms with Crippen molar-refractivity contribution in [3.8, 4) is 5.75 Å². The third-order valence-electron chi connectivity index (χ3n) is 6.63. The number of nitrogen functional groups attached to an aromatic ring is 2. The van der Waals surface area contributed by atoms with Crippen molar-refractivity contribution in [1.29, 1.82) is 0 Å². The molecule has 4 N–H and O–H groups in total. The van der Waals surface area contributed by atoms with Crippen molar-refractivity contribution in [2.24, 2.45) is 5.92 Å². The average molecular weight is 455 g/mol. The minimum atomic E-state index is 0.248. The van der Waals surface area contributed by atoms with E-state index in [9.17, 15) is 4.79 Å². The van der Waals surface area contributed by atoms with Gasteiger partial charge in [-0.1, -0.05) is 6.07 Å². The maximum absolute atomic E-state index is 13.0. The first-order valence-corrected chi connectivity index (χ1v) is 12.4. The molecule has 2 aromatic rings. The Morgan fingerprint density at radius 3 is 2.69 bits per heavy atom. The zero-order valence-corrected chi connectivity index (χ0v) is 19.7. The number of ether oxygens (including phenoxy) is 1. The van der Waals surface area contributed by atoms with Gasteiger partial charge in [0.05, 0.1) is 7.11 Å². The van der Waals surface area contributed by atoms with E-state index < -0.39 is 0 Å². The van der Waals surface area contributed by atoms with E-state index in [1.54, 1.807) is 7.11 Å². The number of anilines is 2.